The van der Waals surface area contributed by atoms with Crippen LogP contribution in [-0.4, -0.2) is 40.1 Å². The molecule has 1 amide bonds. The van der Waals surface area contributed by atoms with Crippen LogP contribution < -0.4 is 5.32 Å². The molecule has 1 aromatic carbocycles. The van der Waals surface area contributed by atoms with Crippen LogP contribution in [0.25, 0.3) is 27.4 Å². The van der Waals surface area contributed by atoms with Crippen LogP contribution in [0.3, 0.4) is 0 Å². The molecule has 2 N–H and O–H groups in total. The lowest BCUT2D eigenvalue weighted by atomic mass is 9.95. The Balaban J connectivity index is 1.76. The summed E-state index contributed by atoms with van der Waals surface area (Å²) in [7, 11) is 0. The molecule has 0 aliphatic heterocycles. The first kappa shape index (κ1) is 17.7. The number of carbonyl (C=O) groups is 1. The van der Waals surface area contributed by atoms with Crippen molar-refractivity contribution in [3.05, 3.63) is 53.5 Å². The normalized spacial score (nSPS) is 14.9. The zero-order chi connectivity index (χ0) is 20.9. The monoisotopic (exact) mass is 391 g/mol. The fourth-order valence-corrected chi connectivity index (χ4v) is 3.93. The summed E-state index contributed by atoms with van der Waals surface area (Å²) in [6.07, 6.45) is 7.33. The van der Waals surface area contributed by atoms with Gasteiger partial charge in [-0.15, -0.1) is 0 Å². The van der Waals surface area contributed by atoms with Crippen LogP contribution in [0.2, 0.25) is 0 Å². The summed E-state index contributed by atoms with van der Waals surface area (Å²) < 4.78 is 9.25. The molecule has 0 saturated heterocycles. The third-order valence-corrected chi connectivity index (χ3v) is 5.35. The average molecular weight is 391 g/mol. The fraction of sp³-hybridized carbons (Fsp3) is 0.364. The minimum absolute atomic E-state index is 0.250. The number of phenolic OH excluding ortho intramolecular Hbond substituents is 1. The van der Waals surface area contributed by atoms with E-state index in [0.29, 0.717) is 29.4 Å². The van der Waals surface area contributed by atoms with E-state index in [1.54, 1.807) is 24.4 Å². The topological polar surface area (TPSA) is 84.4 Å². The molecule has 7 heteroatoms. The van der Waals surface area contributed by atoms with Crippen molar-refractivity contribution in [2.75, 3.05) is 13.1 Å². The minimum atomic E-state index is -0.251. The van der Waals surface area contributed by atoms with Gasteiger partial charge in [0.05, 0.1) is 12.1 Å². The highest BCUT2D eigenvalue weighted by molar-refractivity contribution is 5.96. The van der Waals surface area contributed by atoms with E-state index in [2.05, 4.69) is 24.8 Å². The van der Waals surface area contributed by atoms with Gasteiger partial charge in [-0.25, -0.2) is 16.5 Å². The van der Waals surface area contributed by atoms with Crippen LogP contribution >= 0.6 is 0 Å². The van der Waals surface area contributed by atoms with E-state index in [1.165, 1.54) is 19.3 Å². The standard InChI is InChI=1S/C22H23N5O2/c1-23-11-12-24-22(29)16-13-19-21(25-14-16)27(17-5-3-2-4-6-17)20(26-19)15-7-9-18(28)10-8-15/h7-10,13-14,17,28H,2-6,11-12H2,(H,24,29)/i/hT. The number of carbonyl (C=O) groups excluding carboxylic acids is 1. The number of aromatic hydroxyl groups is 1. The Labute approximate surface area is 170 Å². The molecule has 148 valence electrons. The first-order valence-electron chi connectivity index (χ1n) is 10.3. The second-order valence-electron chi connectivity index (χ2n) is 7.33. The summed E-state index contributed by atoms with van der Waals surface area (Å²) in [6.45, 7) is 7.38. The van der Waals surface area contributed by atoms with Crippen LogP contribution in [0.15, 0.2) is 36.5 Å². The van der Waals surface area contributed by atoms with Crippen molar-refractivity contribution in [1.82, 2.24) is 19.9 Å². The smallest absolute Gasteiger partial charge is 0.293 e. The summed E-state index contributed by atoms with van der Waals surface area (Å²) in [5, 5.41) is 7.28. The van der Waals surface area contributed by atoms with E-state index in [1.807, 2.05) is 12.1 Å². The number of pyridine rings is 1. The lowest BCUT2D eigenvalue weighted by Gasteiger charge is -2.25. The summed E-state index contributed by atoms with van der Waals surface area (Å²) in [4.78, 5) is 25.1. The van der Waals surface area contributed by atoms with Crippen LogP contribution in [0.5, 0.6) is 5.75 Å². The fourth-order valence-electron chi connectivity index (χ4n) is 3.93. The van der Waals surface area contributed by atoms with Gasteiger partial charge in [0.1, 0.15) is 17.1 Å². The first-order chi connectivity index (χ1) is 14.7. The van der Waals surface area contributed by atoms with E-state index in [0.717, 1.165) is 29.9 Å². The van der Waals surface area contributed by atoms with Gasteiger partial charge in [-0.3, -0.25) is 4.79 Å². The maximum Gasteiger partial charge on any atom is 0.293 e. The number of imidazole rings is 1. The first-order valence-corrected chi connectivity index (χ1v) is 9.94. The quantitative estimate of drug-likeness (QED) is 0.492. The van der Waals surface area contributed by atoms with Crippen LogP contribution in [0.4, 0.5) is 0 Å². The number of nitrogens with zero attached hydrogens (tertiary/aromatic N) is 4. The Morgan fingerprint density at radius 3 is 2.83 bits per heavy atom. The number of phenols is 1. The van der Waals surface area contributed by atoms with Gasteiger partial charge in [0.15, 0.2) is 5.65 Å². The number of aromatic nitrogens is 3. The Hall–Kier alpha value is -3.40. The molecule has 29 heavy (non-hydrogen) atoms. The van der Waals surface area contributed by atoms with Gasteiger partial charge >= 0.3 is 0 Å². The molecular formula is C22H23N5O2. The number of rotatable bonds is 6. The Morgan fingerprint density at radius 1 is 1.31 bits per heavy atom. The highest BCUT2D eigenvalue weighted by atomic mass is 16.3. The van der Waals surface area contributed by atoms with Crippen molar-refractivity contribution in [2.24, 2.45) is 0 Å². The van der Waals surface area contributed by atoms with Crippen LogP contribution in [0.1, 0.15) is 48.5 Å². The maximum absolute atomic E-state index is 12.4. The van der Waals surface area contributed by atoms with Gasteiger partial charge in [-0.05, 0) is 43.2 Å². The second-order valence-corrected chi connectivity index (χ2v) is 7.33. The molecule has 1 aliphatic carbocycles. The number of amides is 1. The summed E-state index contributed by atoms with van der Waals surface area (Å²) in [5.74, 6) is 1.03. The lowest BCUT2D eigenvalue weighted by molar-refractivity contribution is 0.0955. The Bertz CT molecular complexity index is 1080. The zero-order valence-corrected chi connectivity index (χ0v) is 16.1. The molecular weight excluding hydrogens is 366 g/mol. The Kier molecular flexibility index (Phi) is 5.07. The molecule has 0 spiro atoms. The largest absolute Gasteiger partial charge is 0.508 e. The van der Waals surface area contributed by atoms with Crippen molar-refractivity contribution in [1.29, 1.82) is 1.43 Å². The molecule has 3 aromatic rings. The molecule has 0 radical (unpaired) electrons. The summed E-state index contributed by atoms with van der Waals surface area (Å²) >= 11 is 0. The summed E-state index contributed by atoms with van der Waals surface area (Å²) in [6, 6.07) is 9.36. The second kappa shape index (κ2) is 8.31. The van der Waals surface area contributed by atoms with Gasteiger partial charge in [0, 0.05) is 17.8 Å². The SMILES string of the molecule is [3H]Oc1ccc(-c2nc3cc(C(=O)NCC[N+]#[C-])cnc3n2C2CCCCC2)cc1. The maximum atomic E-state index is 12.4. The number of fused-ring (bicyclic) bond motifs is 1. The molecule has 0 atom stereocenters. The highest BCUT2D eigenvalue weighted by Crippen LogP contribution is 2.35. The minimum Gasteiger partial charge on any atom is -0.508 e. The Morgan fingerprint density at radius 2 is 2.10 bits per heavy atom. The van der Waals surface area contributed by atoms with E-state index in [-0.39, 0.29) is 12.5 Å². The van der Waals surface area contributed by atoms with E-state index < -0.39 is 0 Å². The molecule has 1 aliphatic rings. The van der Waals surface area contributed by atoms with Gasteiger partial charge in [-0.2, -0.15) is 0 Å². The predicted octanol–water partition coefficient (Wildman–Crippen LogP) is 3.96. The van der Waals surface area contributed by atoms with E-state index >= 15 is 0 Å². The molecule has 2 aromatic heterocycles. The van der Waals surface area contributed by atoms with Crippen molar-refractivity contribution >= 4 is 17.1 Å². The van der Waals surface area contributed by atoms with E-state index in [4.69, 9.17) is 13.0 Å². The highest BCUT2D eigenvalue weighted by Gasteiger charge is 2.23. The number of hydrogen-bond acceptors (Lipinski definition) is 4. The third-order valence-electron chi connectivity index (χ3n) is 5.35. The molecule has 1 saturated carbocycles. The van der Waals surface area contributed by atoms with Crippen molar-refractivity contribution in [3.63, 3.8) is 0 Å². The number of nitrogens with one attached hydrogen (secondary N) is 1. The molecule has 7 nitrogen and oxygen atoms in total. The number of benzene rings is 1. The molecule has 4 rings (SSSR count). The van der Waals surface area contributed by atoms with Crippen molar-refractivity contribution < 1.29 is 9.90 Å². The predicted molar refractivity (Wildman–Crippen MR) is 111 cm³/mol. The molecule has 1 fully saturated rings. The zero-order valence-electron chi connectivity index (χ0n) is 17.1. The molecule has 2 heterocycles. The van der Waals surface area contributed by atoms with Crippen LogP contribution in [-0.2, 0) is 0 Å². The van der Waals surface area contributed by atoms with Crippen LogP contribution in [0, 0.1) is 6.57 Å². The third kappa shape index (κ3) is 3.92. The molecule has 0 bridgehead atoms. The van der Waals surface area contributed by atoms with Gasteiger partial charge in [0.25, 0.3) is 7.34 Å². The number of hydrogen-bond donors (Lipinski definition) is 2. The molecule has 0 unspecified atom stereocenters. The van der Waals surface area contributed by atoms with E-state index in [9.17, 15) is 4.79 Å². The van der Waals surface area contributed by atoms with Gasteiger partial charge in [-0.1, -0.05) is 19.3 Å². The van der Waals surface area contributed by atoms with Gasteiger partial charge in [0.2, 0.25) is 6.54 Å². The average Bonchev–Trinajstić information content (AvgIpc) is 3.18. The lowest BCUT2D eigenvalue weighted by Crippen LogP contribution is -2.25. The van der Waals surface area contributed by atoms with Crippen molar-refractivity contribution in [2.45, 2.75) is 38.1 Å². The van der Waals surface area contributed by atoms with Gasteiger partial charge < -0.3 is 19.8 Å². The summed E-state index contributed by atoms with van der Waals surface area (Å²) in [5.41, 5.74) is 2.80. The van der Waals surface area contributed by atoms with Crippen molar-refractivity contribution in [3.8, 4) is 17.1 Å².